The Labute approximate surface area is 208 Å². The van der Waals surface area contributed by atoms with E-state index in [0.29, 0.717) is 25.5 Å². The van der Waals surface area contributed by atoms with Crippen LogP contribution in [0.15, 0.2) is 98.6 Å². The van der Waals surface area contributed by atoms with Gasteiger partial charge in [-0.05, 0) is 48.0 Å². The molecule has 5 rings (SSSR count). The van der Waals surface area contributed by atoms with Crippen molar-refractivity contribution in [2.24, 2.45) is 0 Å². The van der Waals surface area contributed by atoms with Crippen molar-refractivity contribution >= 4 is 57.7 Å². The van der Waals surface area contributed by atoms with Gasteiger partial charge in [0.25, 0.3) is 11.5 Å². The van der Waals surface area contributed by atoms with Crippen LogP contribution in [-0.4, -0.2) is 24.5 Å². The van der Waals surface area contributed by atoms with Gasteiger partial charge in [-0.25, -0.2) is 9.37 Å². The number of thioether (sulfide) groups is 1. The molecule has 5 nitrogen and oxygen atoms in total. The molecule has 1 aliphatic rings. The number of thiocarbonyl (C=S) groups is 1. The highest BCUT2D eigenvalue weighted by molar-refractivity contribution is 8.26. The topological polar surface area (TPSA) is 54.7 Å². The molecule has 4 aromatic rings. The van der Waals surface area contributed by atoms with Gasteiger partial charge in [0, 0.05) is 11.1 Å². The molecule has 1 saturated heterocycles. The van der Waals surface area contributed by atoms with Crippen LogP contribution in [-0.2, 0) is 11.3 Å². The molecule has 2 aromatic carbocycles. The number of fused-ring (bicyclic) bond motifs is 1. The Morgan fingerprint density at radius 2 is 1.74 bits per heavy atom. The number of hydrogen-bond acceptors (Lipinski definition) is 6. The van der Waals surface area contributed by atoms with Gasteiger partial charge in [0.15, 0.2) is 0 Å². The first-order chi connectivity index (χ1) is 16.5. The molecule has 0 radical (unpaired) electrons. The van der Waals surface area contributed by atoms with Crippen molar-refractivity contribution in [1.29, 1.82) is 0 Å². The van der Waals surface area contributed by atoms with Gasteiger partial charge < -0.3 is 0 Å². The zero-order chi connectivity index (χ0) is 23.7. The van der Waals surface area contributed by atoms with Gasteiger partial charge in [0.1, 0.15) is 20.8 Å². The van der Waals surface area contributed by atoms with E-state index in [1.54, 1.807) is 36.5 Å². The van der Waals surface area contributed by atoms with Crippen molar-refractivity contribution < 1.29 is 9.18 Å². The van der Waals surface area contributed by atoms with Crippen LogP contribution < -0.4 is 5.56 Å². The van der Waals surface area contributed by atoms with Crippen LogP contribution >= 0.6 is 35.7 Å². The minimum absolute atomic E-state index is 0.225. The number of hydrogen-bond donors (Lipinski definition) is 0. The number of rotatable bonds is 5. The number of amides is 1. The first-order valence-electron chi connectivity index (χ1n) is 10.2. The lowest BCUT2D eigenvalue weighted by Gasteiger charge is -2.14. The molecule has 0 spiro atoms. The normalized spacial score (nSPS) is 15.0. The van der Waals surface area contributed by atoms with Crippen molar-refractivity contribution in [3.8, 4) is 0 Å². The highest BCUT2D eigenvalue weighted by Crippen LogP contribution is 2.35. The van der Waals surface area contributed by atoms with Gasteiger partial charge in [-0.2, -0.15) is 0 Å². The third kappa shape index (κ3) is 4.54. The van der Waals surface area contributed by atoms with E-state index in [4.69, 9.17) is 17.2 Å². The second-order valence-corrected chi connectivity index (χ2v) is 10.1. The van der Waals surface area contributed by atoms with Crippen molar-refractivity contribution in [3.63, 3.8) is 0 Å². The molecule has 1 fully saturated rings. The molecule has 0 saturated carbocycles. The summed E-state index contributed by atoms with van der Waals surface area (Å²) in [5.41, 5.74) is 1.33. The Bertz CT molecular complexity index is 1500. The number of nitrogens with zero attached hydrogens (tertiary/aromatic N) is 3. The number of benzene rings is 2. The fraction of sp³-hybridized carbons (Fsp3) is 0.0400. The van der Waals surface area contributed by atoms with E-state index in [2.05, 4.69) is 0 Å². The molecule has 1 amide bonds. The monoisotopic (exact) mass is 505 g/mol. The SMILES string of the molecule is O=C1/C(=C\c2c(Sc3ccccc3)nc3ccccn3c2=O)SC(=S)N1Cc1ccc(F)cc1. The lowest BCUT2D eigenvalue weighted by molar-refractivity contribution is -0.122. The first kappa shape index (κ1) is 22.5. The zero-order valence-electron chi connectivity index (χ0n) is 17.6. The van der Waals surface area contributed by atoms with Crippen LogP contribution in [0.5, 0.6) is 0 Å². The van der Waals surface area contributed by atoms with Gasteiger partial charge in [0.05, 0.1) is 17.0 Å². The Balaban J connectivity index is 1.55. The van der Waals surface area contributed by atoms with Gasteiger partial charge >= 0.3 is 0 Å². The molecule has 34 heavy (non-hydrogen) atoms. The summed E-state index contributed by atoms with van der Waals surface area (Å²) in [6.45, 7) is 0.225. The van der Waals surface area contributed by atoms with Gasteiger partial charge in [-0.1, -0.05) is 72.1 Å². The van der Waals surface area contributed by atoms with Gasteiger partial charge in [-0.15, -0.1) is 0 Å². The smallest absolute Gasteiger partial charge is 0.266 e. The summed E-state index contributed by atoms with van der Waals surface area (Å²) < 4.78 is 15.1. The maximum Gasteiger partial charge on any atom is 0.266 e. The van der Waals surface area contributed by atoms with Crippen LogP contribution in [0, 0.1) is 5.82 Å². The Hall–Kier alpha value is -3.27. The summed E-state index contributed by atoms with van der Waals surface area (Å²) in [7, 11) is 0. The van der Waals surface area contributed by atoms with Gasteiger partial charge in [0.2, 0.25) is 0 Å². The molecule has 0 unspecified atom stereocenters. The van der Waals surface area contributed by atoms with Crippen LogP contribution in [0.4, 0.5) is 4.39 Å². The average molecular weight is 506 g/mol. The summed E-state index contributed by atoms with van der Waals surface area (Å²) in [6, 6.07) is 20.9. The summed E-state index contributed by atoms with van der Waals surface area (Å²) in [4.78, 5) is 34.0. The van der Waals surface area contributed by atoms with E-state index in [1.807, 2.05) is 36.4 Å². The molecular weight excluding hydrogens is 489 g/mol. The second kappa shape index (κ2) is 9.54. The maximum absolute atomic E-state index is 13.4. The van der Waals surface area contributed by atoms with Gasteiger partial charge in [-0.3, -0.25) is 18.9 Å². The van der Waals surface area contributed by atoms with Crippen LogP contribution in [0.1, 0.15) is 11.1 Å². The van der Waals surface area contributed by atoms with E-state index < -0.39 is 0 Å². The van der Waals surface area contributed by atoms with Crippen molar-refractivity contribution in [3.05, 3.63) is 111 Å². The zero-order valence-corrected chi connectivity index (χ0v) is 20.0. The molecule has 0 atom stereocenters. The second-order valence-electron chi connectivity index (χ2n) is 7.37. The van der Waals surface area contributed by atoms with Crippen molar-refractivity contribution in [2.45, 2.75) is 16.5 Å². The lowest BCUT2D eigenvalue weighted by atomic mass is 10.2. The largest absolute Gasteiger partial charge is 0.288 e. The van der Waals surface area contributed by atoms with Crippen LogP contribution in [0.3, 0.4) is 0 Å². The molecule has 0 aliphatic carbocycles. The van der Waals surface area contributed by atoms with Crippen LogP contribution in [0.25, 0.3) is 11.7 Å². The maximum atomic E-state index is 13.4. The standard InChI is InChI=1S/C25H16FN3O2S3/c26-17-11-9-16(10-12-17)15-29-24(31)20(34-25(29)32)14-19-22(33-18-6-2-1-3-7-18)27-21-8-4-5-13-28(21)23(19)30/h1-14H,15H2/b20-14+. The number of pyridine rings is 1. The highest BCUT2D eigenvalue weighted by atomic mass is 32.2. The van der Waals surface area contributed by atoms with E-state index in [9.17, 15) is 14.0 Å². The lowest BCUT2D eigenvalue weighted by Crippen LogP contribution is -2.27. The van der Waals surface area contributed by atoms with E-state index in [0.717, 1.165) is 22.2 Å². The summed E-state index contributed by atoms with van der Waals surface area (Å²) >= 11 is 7.93. The van der Waals surface area contributed by atoms with E-state index in [1.165, 1.54) is 33.2 Å². The third-order valence-corrected chi connectivity index (χ3v) is 7.48. The molecule has 9 heteroatoms. The van der Waals surface area contributed by atoms with Crippen molar-refractivity contribution in [1.82, 2.24) is 14.3 Å². The van der Waals surface area contributed by atoms with Crippen LogP contribution in [0.2, 0.25) is 0 Å². The minimum atomic E-state index is -0.346. The number of carbonyl (C=O) groups is 1. The van der Waals surface area contributed by atoms with E-state index >= 15 is 0 Å². The summed E-state index contributed by atoms with van der Waals surface area (Å²) in [6.07, 6.45) is 3.22. The van der Waals surface area contributed by atoms with Crippen molar-refractivity contribution in [2.75, 3.05) is 0 Å². The predicted molar refractivity (Wildman–Crippen MR) is 137 cm³/mol. The quantitative estimate of drug-likeness (QED) is 0.206. The Kier molecular flexibility index (Phi) is 6.32. The minimum Gasteiger partial charge on any atom is -0.288 e. The molecule has 3 heterocycles. The molecule has 0 N–H and O–H groups in total. The fourth-order valence-corrected chi connectivity index (χ4v) is 5.57. The molecule has 2 aromatic heterocycles. The van der Waals surface area contributed by atoms with E-state index in [-0.39, 0.29) is 23.8 Å². The molecular formula is C25H16FN3O2S3. The molecule has 168 valence electrons. The molecule has 1 aliphatic heterocycles. The number of carbonyl (C=O) groups excluding carboxylic acids is 1. The Morgan fingerprint density at radius 3 is 2.50 bits per heavy atom. The molecule has 0 bridgehead atoms. The average Bonchev–Trinajstić information content (AvgIpc) is 3.11. The predicted octanol–water partition coefficient (Wildman–Crippen LogP) is 5.39. The summed E-state index contributed by atoms with van der Waals surface area (Å²) in [5, 5.41) is 0.506. The fourth-order valence-electron chi connectivity index (χ4n) is 3.42. The third-order valence-electron chi connectivity index (χ3n) is 5.09. The number of halogens is 1. The number of aromatic nitrogens is 2. The first-order valence-corrected chi connectivity index (χ1v) is 12.3. The highest BCUT2D eigenvalue weighted by Gasteiger charge is 2.32. The summed E-state index contributed by atoms with van der Waals surface area (Å²) in [5.74, 6) is -0.644. The Morgan fingerprint density at radius 1 is 1.00 bits per heavy atom.